The number of hydrogen-bond acceptors (Lipinski definition) is 4. The predicted molar refractivity (Wildman–Crippen MR) is 57.5 cm³/mol. The first-order valence-electron chi connectivity index (χ1n) is 4.84. The second-order valence-electron chi connectivity index (χ2n) is 3.41. The Balaban J connectivity index is 2.07. The molecule has 0 aromatic carbocycles. The van der Waals surface area contributed by atoms with E-state index in [0.29, 0.717) is 0 Å². The average Bonchev–Trinajstić information content (AvgIpc) is 2.66. The summed E-state index contributed by atoms with van der Waals surface area (Å²) in [7, 11) is 0. The van der Waals surface area contributed by atoms with Gasteiger partial charge < -0.3 is 9.73 Å². The van der Waals surface area contributed by atoms with Gasteiger partial charge in [0, 0.05) is 12.4 Å². The molecule has 2 rings (SSSR count). The zero-order valence-electron chi connectivity index (χ0n) is 8.77. The molecule has 2 aromatic rings. The van der Waals surface area contributed by atoms with E-state index in [1.54, 1.807) is 18.6 Å². The van der Waals surface area contributed by atoms with E-state index in [1.165, 1.54) is 0 Å². The molecule has 15 heavy (non-hydrogen) atoms. The Morgan fingerprint density at radius 1 is 1.33 bits per heavy atom. The Labute approximate surface area is 88.4 Å². The summed E-state index contributed by atoms with van der Waals surface area (Å²) in [6.07, 6.45) is 4.99. The van der Waals surface area contributed by atoms with E-state index in [0.717, 1.165) is 17.3 Å². The second-order valence-corrected chi connectivity index (χ2v) is 3.41. The topological polar surface area (TPSA) is 51.0 Å². The number of aryl methyl sites for hydroxylation is 1. The molecule has 0 fully saturated rings. The summed E-state index contributed by atoms with van der Waals surface area (Å²) in [5.74, 6) is 2.56. The molecule has 0 aliphatic rings. The van der Waals surface area contributed by atoms with Crippen LogP contribution in [0.1, 0.15) is 24.5 Å². The van der Waals surface area contributed by atoms with E-state index < -0.39 is 0 Å². The van der Waals surface area contributed by atoms with E-state index in [-0.39, 0.29) is 6.04 Å². The molecule has 4 heteroatoms. The first-order valence-corrected chi connectivity index (χ1v) is 4.84. The van der Waals surface area contributed by atoms with Gasteiger partial charge in [0.25, 0.3) is 0 Å². The fourth-order valence-corrected chi connectivity index (χ4v) is 1.35. The molecule has 0 radical (unpaired) electrons. The van der Waals surface area contributed by atoms with Gasteiger partial charge in [-0.1, -0.05) is 0 Å². The third-order valence-corrected chi connectivity index (χ3v) is 2.12. The van der Waals surface area contributed by atoms with Crippen LogP contribution in [0.4, 0.5) is 5.82 Å². The number of hydrogen-bond donors (Lipinski definition) is 1. The Morgan fingerprint density at radius 2 is 2.20 bits per heavy atom. The van der Waals surface area contributed by atoms with Gasteiger partial charge in [-0.15, -0.1) is 0 Å². The molecule has 0 spiro atoms. The van der Waals surface area contributed by atoms with Crippen molar-refractivity contribution >= 4 is 5.82 Å². The van der Waals surface area contributed by atoms with Gasteiger partial charge in [-0.25, -0.2) is 4.98 Å². The Bertz CT molecular complexity index is 424. The first kappa shape index (κ1) is 9.71. The summed E-state index contributed by atoms with van der Waals surface area (Å²) >= 11 is 0. The van der Waals surface area contributed by atoms with Gasteiger partial charge in [-0.3, -0.25) is 4.98 Å². The van der Waals surface area contributed by atoms with Crippen molar-refractivity contribution in [1.82, 2.24) is 9.97 Å². The molecule has 1 atom stereocenters. The molecule has 0 saturated heterocycles. The van der Waals surface area contributed by atoms with Gasteiger partial charge >= 0.3 is 0 Å². The Hall–Kier alpha value is -1.84. The molecule has 2 heterocycles. The molecule has 0 saturated carbocycles. The van der Waals surface area contributed by atoms with Gasteiger partial charge in [0.15, 0.2) is 0 Å². The highest BCUT2D eigenvalue weighted by Gasteiger charge is 2.09. The van der Waals surface area contributed by atoms with E-state index >= 15 is 0 Å². The highest BCUT2D eigenvalue weighted by molar-refractivity contribution is 5.33. The third-order valence-electron chi connectivity index (χ3n) is 2.12. The smallest absolute Gasteiger partial charge is 0.145 e. The number of nitrogens with one attached hydrogen (secondary N) is 1. The van der Waals surface area contributed by atoms with Gasteiger partial charge in [0.05, 0.1) is 12.2 Å². The largest absolute Gasteiger partial charge is 0.464 e. The van der Waals surface area contributed by atoms with Gasteiger partial charge in [0.2, 0.25) is 0 Å². The lowest BCUT2D eigenvalue weighted by Gasteiger charge is -2.10. The van der Waals surface area contributed by atoms with E-state index in [2.05, 4.69) is 15.3 Å². The molecule has 1 N–H and O–H groups in total. The van der Waals surface area contributed by atoms with Crippen LogP contribution in [0.25, 0.3) is 0 Å². The number of furan rings is 1. The van der Waals surface area contributed by atoms with Crippen molar-refractivity contribution in [2.45, 2.75) is 19.9 Å². The van der Waals surface area contributed by atoms with E-state index in [1.807, 2.05) is 26.0 Å². The summed E-state index contributed by atoms with van der Waals surface area (Å²) in [6, 6.07) is 4.00. The molecular weight excluding hydrogens is 190 g/mol. The van der Waals surface area contributed by atoms with Crippen LogP contribution in [0, 0.1) is 6.92 Å². The van der Waals surface area contributed by atoms with Crippen molar-refractivity contribution < 1.29 is 4.42 Å². The lowest BCUT2D eigenvalue weighted by Crippen LogP contribution is -2.06. The Kier molecular flexibility index (Phi) is 2.67. The number of aromatic nitrogens is 2. The zero-order valence-corrected chi connectivity index (χ0v) is 8.77. The minimum Gasteiger partial charge on any atom is -0.464 e. The summed E-state index contributed by atoms with van der Waals surface area (Å²) < 4.78 is 5.51. The normalized spacial score (nSPS) is 12.4. The maximum absolute atomic E-state index is 5.51. The number of anilines is 1. The highest BCUT2D eigenvalue weighted by atomic mass is 16.3. The second kappa shape index (κ2) is 4.13. The summed E-state index contributed by atoms with van der Waals surface area (Å²) in [4.78, 5) is 8.12. The number of rotatable bonds is 3. The van der Waals surface area contributed by atoms with Crippen LogP contribution in [0.3, 0.4) is 0 Å². The summed E-state index contributed by atoms with van der Waals surface area (Å²) in [6.45, 7) is 3.95. The van der Waals surface area contributed by atoms with Gasteiger partial charge in [0.1, 0.15) is 17.3 Å². The van der Waals surface area contributed by atoms with E-state index in [4.69, 9.17) is 4.42 Å². The van der Waals surface area contributed by atoms with Crippen LogP contribution < -0.4 is 5.32 Å². The molecule has 1 unspecified atom stereocenters. The predicted octanol–water partition coefficient (Wildman–Crippen LogP) is 2.55. The SMILES string of the molecule is Cc1ccc(C(C)Nc2cnccn2)o1. The molecule has 4 nitrogen and oxygen atoms in total. The minimum absolute atomic E-state index is 0.0930. The van der Waals surface area contributed by atoms with Crippen molar-refractivity contribution in [1.29, 1.82) is 0 Å². The fourth-order valence-electron chi connectivity index (χ4n) is 1.35. The maximum atomic E-state index is 5.51. The standard InChI is InChI=1S/C11H13N3O/c1-8-3-4-10(15-8)9(2)14-11-7-12-5-6-13-11/h3-7,9H,1-2H3,(H,13,14). The first-order chi connectivity index (χ1) is 7.25. The lowest BCUT2D eigenvalue weighted by molar-refractivity contribution is 0.466. The van der Waals surface area contributed by atoms with Gasteiger partial charge in [-0.05, 0) is 26.0 Å². The van der Waals surface area contributed by atoms with Crippen molar-refractivity contribution in [3.05, 3.63) is 42.2 Å². The fraction of sp³-hybridized carbons (Fsp3) is 0.273. The monoisotopic (exact) mass is 203 g/mol. The molecule has 0 aliphatic carbocycles. The third kappa shape index (κ3) is 2.34. The van der Waals surface area contributed by atoms with Crippen molar-refractivity contribution in [3.8, 4) is 0 Å². The van der Waals surface area contributed by atoms with Crippen LogP contribution in [-0.4, -0.2) is 9.97 Å². The van der Waals surface area contributed by atoms with Crippen molar-refractivity contribution in [3.63, 3.8) is 0 Å². The van der Waals surface area contributed by atoms with Crippen LogP contribution in [0.15, 0.2) is 35.1 Å². The van der Waals surface area contributed by atoms with Crippen LogP contribution >= 0.6 is 0 Å². The van der Waals surface area contributed by atoms with Crippen LogP contribution in [-0.2, 0) is 0 Å². The van der Waals surface area contributed by atoms with Crippen molar-refractivity contribution in [2.75, 3.05) is 5.32 Å². The summed E-state index contributed by atoms with van der Waals surface area (Å²) in [5, 5.41) is 3.20. The maximum Gasteiger partial charge on any atom is 0.145 e. The molecular formula is C11H13N3O. The quantitative estimate of drug-likeness (QED) is 0.832. The van der Waals surface area contributed by atoms with Gasteiger partial charge in [-0.2, -0.15) is 0 Å². The lowest BCUT2D eigenvalue weighted by atomic mass is 10.2. The Morgan fingerprint density at radius 3 is 2.80 bits per heavy atom. The molecule has 0 bridgehead atoms. The highest BCUT2D eigenvalue weighted by Crippen LogP contribution is 2.19. The van der Waals surface area contributed by atoms with Crippen LogP contribution in [0.2, 0.25) is 0 Å². The number of nitrogens with zero attached hydrogens (tertiary/aromatic N) is 2. The van der Waals surface area contributed by atoms with Crippen molar-refractivity contribution in [2.24, 2.45) is 0 Å². The zero-order chi connectivity index (χ0) is 10.7. The molecule has 0 amide bonds. The average molecular weight is 203 g/mol. The molecule has 78 valence electrons. The van der Waals surface area contributed by atoms with Crippen LogP contribution in [0.5, 0.6) is 0 Å². The summed E-state index contributed by atoms with van der Waals surface area (Å²) in [5.41, 5.74) is 0. The van der Waals surface area contributed by atoms with E-state index in [9.17, 15) is 0 Å². The molecule has 2 aromatic heterocycles. The molecule has 0 aliphatic heterocycles. The minimum atomic E-state index is 0.0930.